The number of methoxy groups -OCH3 is 2. The molecule has 3 rings (SSSR count). The number of hydrogen-bond acceptors (Lipinski definition) is 5. The van der Waals surface area contributed by atoms with Gasteiger partial charge in [0.25, 0.3) is 0 Å². The molecule has 1 aromatic carbocycles. The van der Waals surface area contributed by atoms with Gasteiger partial charge < -0.3 is 24.4 Å². The second-order valence-electron chi connectivity index (χ2n) is 6.47. The Bertz CT molecular complexity index is 749. The minimum Gasteiger partial charge on any atom is -0.497 e. The van der Waals surface area contributed by atoms with Crippen molar-refractivity contribution in [3.63, 3.8) is 0 Å². The molecule has 1 aliphatic heterocycles. The normalized spacial score (nSPS) is 14.6. The van der Waals surface area contributed by atoms with Crippen molar-refractivity contribution in [2.24, 2.45) is 0 Å². The Labute approximate surface area is 159 Å². The number of piperidine rings is 1. The van der Waals surface area contributed by atoms with Crippen molar-refractivity contribution in [3.8, 4) is 17.2 Å². The van der Waals surface area contributed by atoms with Crippen molar-refractivity contribution in [2.45, 2.75) is 25.9 Å². The Hall–Kier alpha value is -2.96. The summed E-state index contributed by atoms with van der Waals surface area (Å²) in [5.41, 5.74) is 1.60. The van der Waals surface area contributed by atoms with Crippen molar-refractivity contribution < 1.29 is 19.0 Å². The molecular weight excluding hydrogens is 346 g/mol. The van der Waals surface area contributed by atoms with Gasteiger partial charge in [-0.1, -0.05) is 0 Å². The van der Waals surface area contributed by atoms with Crippen molar-refractivity contribution in [1.82, 2.24) is 9.88 Å². The highest BCUT2D eigenvalue weighted by Crippen LogP contribution is 2.26. The van der Waals surface area contributed by atoms with Crippen LogP contribution in [0.3, 0.4) is 0 Å². The van der Waals surface area contributed by atoms with E-state index in [0.717, 1.165) is 24.3 Å². The van der Waals surface area contributed by atoms with Crippen LogP contribution in [-0.2, 0) is 0 Å². The number of likely N-dealkylation sites (tertiary alicyclic amines) is 1. The van der Waals surface area contributed by atoms with Crippen LogP contribution in [0.15, 0.2) is 36.5 Å². The fourth-order valence-electron chi connectivity index (χ4n) is 2.98. The summed E-state index contributed by atoms with van der Waals surface area (Å²) in [5, 5.41) is 2.91. The van der Waals surface area contributed by atoms with Crippen LogP contribution in [0.2, 0.25) is 0 Å². The van der Waals surface area contributed by atoms with E-state index in [-0.39, 0.29) is 12.1 Å². The minimum atomic E-state index is -0.138. The molecule has 2 heterocycles. The molecule has 0 unspecified atom stereocenters. The largest absolute Gasteiger partial charge is 0.497 e. The second kappa shape index (κ2) is 8.62. The zero-order valence-corrected chi connectivity index (χ0v) is 15.9. The minimum absolute atomic E-state index is 0.0930. The summed E-state index contributed by atoms with van der Waals surface area (Å²) in [4.78, 5) is 18.6. The fraction of sp³-hybridized carbons (Fsp3) is 0.400. The molecule has 1 aromatic heterocycles. The lowest BCUT2D eigenvalue weighted by Crippen LogP contribution is -2.43. The third-order valence-corrected chi connectivity index (χ3v) is 4.52. The number of aromatic nitrogens is 1. The molecule has 2 amide bonds. The first-order chi connectivity index (χ1) is 13.1. The second-order valence-corrected chi connectivity index (χ2v) is 6.47. The number of rotatable bonds is 5. The zero-order chi connectivity index (χ0) is 19.2. The van der Waals surface area contributed by atoms with Crippen LogP contribution in [0, 0.1) is 6.92 Å². The molecule has 0 aliphatic carbocycles. The average molecular weight is 371 g/mol. The lowest BCUT2D eigenvalue weighted by atomic mass is 10.1. The maximum Gasteiger partial charge on any atom is 0.321 e. The molecule has 0 atom stereocenters. The van der Waals surface area contributed by atoms with E-state index in [1.807, 2.05) is 19.1 Å². The number of nitrogens with zero attached hydrogens (tertiary/aromatic N) is 2. The summed E-state index contributed by atoms with van der Waals surface area (Å²) in [5.74, 6) is 2.03. The Kier molecular flexibility index (Phi) is 6.01. The number of benzene rings is 1. The third kappa shape index (κ3) is 5.03. The van der Waals surface area contributed by atoms with Gasteiger partial charge in [0.2, 0.25) is 0 Å². The van der Waals surface area contributed by atoms with Crippen LogP contribution in [0.1, 0.15) is 18.5 Å². The molecule has 2 aromatic rings. The number of carbonyl (C=O) groups is 1. The summed E-state index contributed by atoms with van der Waals surface area (Å²) >= 11 is 0. The maximum absolute atomic E-state index is 12.6. The maximum atomic E-state index is 12.6. The predicted octanol–water partition coefficient (Wildman–Crippen LogP) is 3.48. The number of nitrogens with one attached hydrogen (secondary N) is 1. The van der Waals surface area contributed by atoms with E-state index in [1.54, 1.807) is 43.5 Å². The quantitative estimate of drug-likeness (QED) is 0.871. The van der Waals surface area contributed by atoms with Gasteiger partial charge in [-0.25, -0.2) is 4.79 Å². The smallest absolute Gasteiger partial charge is 0.321 e. The van der Waals surface area contributed by atoms with E-state index in [1.165, 1.54) is 0 Å². The molecule has 144 valence electrons. The zero-order valence-electron chi connectivity index (χ0n) is 15.9. The monoisotopic (exact) mass is 371 g/mol. The predicted molar refractivity (Wildman–Crippen MR) is 103 cm³/mol. The number of anilines is 1. The number of urea groups is 1. The van der Waals surface area contributed by atoms with Crippen LogP contribution >= 0.6 is 0 Å². The van der Waals surface area contributed by atoms with Crippen LogP contribution in [0.4, 0.5) is 10.5 Å². The van der Waals surface area contributed by atoms with Gasteiger partial charge in [0.15, 0.2) is 0 Å². The van der Waals surface area contributed by atoms with Crippen LogP contribution in [0.25, 0.3) is 0 Å². The standard InChI is InChI=1S/C20H25N3O4/c1-14-4-5-17(13-21-14)27-16-6-8-23(9-7-16)20(24)22-15-10-18(25-2)12-19(11-15)26-3/h4-5,10-13,16H,6-9H2,1-3H3,(H,22,24). The molecule has 27 heavy (non-hydrogen) atoms. The van der Waals surface area contributed by atoms with E-state index < -0.39 is 0 Å². The number of pyridine rings is 1. The Morgan fingerprint density at radius 2 is 1.74 bits per heavy atom. The summed E-state index contributed by atoms with van der Waals surface area (Å²) in [6, 6.07) is 9.01. The van der Waals surface area contributed by atoms with Gasteiger partial charge in [-0.05, 0) is 19.1 Å². The topological polar surface area (TPSA) is 72.9 Å². The highest BCUT2D eigenvalue weighted by atomic mass is 16.5. The van der Waals surface area contributed by atoms with Crippen molar-refractivity contribution in [1.29, 1.82) is 0 Å². The van der Waals surface area contributed by atoms with E-state index in [0.29, 0.717) is 30.3 Å². The molecule has 7 nitrogen and oxygen atoms in total. The van der Waals surface area contributed by atoms with Gasteiger partial charge in [0, 0.05) is 55.5 Å². The molecule has 7 heteroatoms. The molecule has 1 fully saturated rings. The van der Waals surface area contributed by atoms with Crippen molar-refractivity contribution in [3.05, 3.63) is 42.2 Å². The van der Waals surface area contributed by atoms with Gasteiger partial charge in [-0.2, -0.15) is 0 Å². The third-order valence-electron chi connectivity index (χ3n) is 4.52. The number of ether oxygens (including phenoxy) is 3. The Balaban J connectivity index is 1.53. The SMILES string of the molecule is COc1cc(NC(=O)N2CCC(Oc3ccc(C)nc3)CC2)cc(OC)c1. The molecule has 0 bridgehead atoms. The van der Waals surface area contributed by atoms with Gasteiger partial charge in [-0.3, -0.25) is 4.98 Å². The van der Waals surface area contributed by atoms with E-state index in [2.05, 4.69) is 10.3 Å². The van der Waals surface area contributed by atoms with Gasteiger partial charge in [0.05, 0.1) is 20.4 Å². The van der Waals surface area contributed by atoms with Crippen molar-refractivity contribution >= 4 is 11.7 Å². The first kappa shape index (κ1) is 18.8. The lowest BCUT2D eigenvalue weighted by Gasteiger charge is -2.32. The highest BCUT2D eigenvalue weighted by Gasteiger charge is 2.24. The first-order valence-corrected chi connectivity index (χ1v) is 8.95. The number of carbonyl (C=O) groups excluding carboxylic acids is 1. The highest BCUT2D eigenvalue weighted by molar-refractivity contribution is 5.89. The fourth-order valence-corrected chi connectivity index (χ4v) is 2.98. The van der Waals surface area contributed by atoms with Gasteiger partial charge >= 0.3 is 6.03 Å². The first-order valence-electron chi connectivity index (χ1n) is 8.95. The summed E-state index contributed by atoms with van der Waals surface area (Å²) in [6.45, 7) is 3.21. The van der Waals surface area contributed by atoms with Crippen LogP contribution in [-0.4, -0.2) is 49.3 Å². The molecular formula is C20H25N3O4. The van der Waals surface area contributed by atoms with Crippen LogP contribution < -0.4 is 19.5 Å². The Morgan fingerprint density at radius 1 is 1.07 bits per heavy atom. The summed E-state index contributed by atoms with van der Waals surface area (Å²) < 4.78 is 16.4. The van der Waals surface area contributed by atoms with Crippen LogP contribution in [0.5, 0.6) is 17.2 Å². The molecule has 0 radical (unpaired) electrons. The van der Waals surface area contributed by atoms with Gasteiger partial charge in [-0.15, -0.1) is 0 Å². The number of hydrogen-bond donors (Lipinski definition) is 1. The van der Waals surface area contributed by atoms with E-state index in [4.69, 9.17) is 14.2 Å². The molecule has 1 N–H and O–H groups in total. The molecule has 1 aliphatic rings. The lowest BCUT2D eigenvalue weighted by molar-refractivity contribution is 0.115. The molecule has 0 spiro atoms. The summed E-state index contributed by atoms with van der Waals surface area (Å²) in [7, 11) is 3.16. The van der Waals surface area contributed by atoms with E-state index >= 15 is 0 Å². The molecule has 0 saturated carbocycles. The molecule has 1 saturated heterocycles. The number of amides is 2. The van der Waals surface area contributed by atoms with Crippen molar-refractivity contribution in [2.75, 3.05) is 32.6 Å². The van der Waals surface area contributed by atoms with E-state index in [9.17, 15) is 4.79 Å². The number of aryl methyl sites for hydroxylation is 1. The Morgan fingerprint density at radius 3 is 2.30 bits per heavy atom. The average Bonchev–Trinajstić information content (AvgIpc) is 2.70. The van der Waals surface area contributed by atoms with Gasteiger partial charge in [0.1, 0.15) is 23.4 Å². The summed E-state index contributed by atoms with van der Waals surface area (Å²) in [6.07, 6.45) is 3.39.